The van der Waals surface area contributed by atoms with Gasteiger partial charge in [0, 0.05) is 49.2 Å². The van der Waals surface area contributed by atoms with E-state index in [9.17, 15) is 14.4 Å². The number of benzene rings is 1. The van der Waals surface area contributed by atoms with Crippen LogP contribution in [0.1, 0.15) is 33.6 Å². The molecule has 1 aliphatic rings. The fraction of sp³-hybridized carbons (Fsp3) is 0.381. The van der Waals surface area contributed by atoms with Gasteiger partial charge in [0.25, 0.3) is 5.91 Å². The highest BCUT2D eigenvalue weighted by Gasteiger charge is 2.27. The van der Waals surface area contributed by atoms with Gasteiger partial charge in [0.15, 0.2) is 0 Å². The minimum absolute atomic E-state index is 0. The second-order valence-corrected chi connectivity index (χ2v) is 9.12. The van der Waals surface area contributed by atoms with Crippen molar-refractivity contribution in [2.24, 2.45) is 5.73 Å². The van der Waals surface area contributed by atoms with E-state index in [1.807, 2.05) is 0 Å². The predicted octanol–water partition coefficient (Wildman–Crippen LogP) is 3.79. The zero-order valence-electron chi connectivity index (χ0n) is 17.9. The Morgan fingerprint density at radius 2 is 1.88 bits per heavy atom. The van der Waals surface area contributed by atoms with Crippen LogP contribution in [-0.2, 0) is 17.8 Å². The van der Waals surface area contributed by atoms with Crippen LogP contribution in [0, 0.1) is 0 Å². The van der Waals surface area contributed by atoms with Crippen molar-refractivity contribution in [2.75, 3.05) is 37.8 Å². The van der Waals surface area contributed by atoms with Gasteiger partial charge in [-0.15, -0.1) is 23.7 Å². The average molecular weight is 500 g/mol. The van der Waals surface area contributed by atoms with Gasteiger partial charge in [0.05, 0.1) is 5.56 Å². The smallest absolute Gasteiger partial charge is 0.324 e. The van der Waals surface area contributed by atoms with E-state index >= 15 is 0 Å². The van der Waals surface area contributed by atoms with Crippen molar-refractivity contribution in [3.05, 3.63) is 45.3 Å². The van der Waals surface area contributed by atoms with Crippen molar-refractivity contribution in [1.82, 2.24) is 9.80 Å². The zero-order valence-corrected chi connectivity index (χ0v) is 20.3. The number of hydrogen-bond acceptors (Lipinski definition) is 5. The molecule has 0 unspecified atom stereocenters. The lowest BCUT2D eigenvalue weighted by molar-refractivity contribution is -0.128. The lowest BCUT2D eigenvalue weighted by Gasteiger charge is -2.27. The quantitative estimate of drug-likeness (QED) is 0.538. The number of primary amides is 1. The first-order valence-electron chi connectivity index (χ1n) is 9.95. The van der Waals surface area contributed by atoms with Crippen LogP contribution >= 0.6 is 35.3 Å². The number of fused-ring (bicyclic) bond motifs is 1. The molecule has 1 aromatic heterocycles. The molecule has 0 radical (unpaired) electrons. The number of urea groups is 1. The summed E-state index contributed by atoms with van der Waals surface area (Å²) in [6.45, 7) is 2.23. The SMILES string of the molecule is CN(C)C(=O)CCCN1CCc2c(sc(NC(=O)Nc3ccc(Cl)cc3)c2C(N)=O)C1.Cl. The number of anilines is 2. The maximum absolute atomic E-state index is 12.4. The molecule has 174 valence electrons. The van der Waals surface area contributed by atoms with Crippen LogP contribution < -0.4 is 16.4 Å². The van der Waals surface area contributed by atoms with Crippen LogP contribution in [0.15, 0.2) is 24.3 Å². The van der Waals surface area contributed by atoms with Gasteiger partial charge in [-0.1, -0.05) is 11.6 Å². The summed E-state index contributed by atoms with van der Waals surface area (Å²) in [5.41, 5.74) is 7.50. The Morgan fingerprint density at radius 3 is 2.50 bits per heavy atom. The normalized spacial score (nSPS) is 13.0. The minimum Gasteiger partial charge on any atom is -0.365 e. The summed E-state index contributed by atoms with van der Waals surface area (Å²) in [5, 5.41) is 6.51. The lowest BCUT2D eigenvalue weighted by Crippen LogP contribution is -2.32. The minimum atomic E-state index is -0.552. The van der Waals surface area contributed by atoms with Crippen LogP contribution in [0.3, 0.4) is 0 Å². The van der Waals surface area contributed by atoms with Gasteiger partial charge in [0.2, 0.25) is 5.91 Å². The largest absolute Gasteiger partial charge is 0.365 e. The highest BCUT2D eigenvalue weighted by Crippen LogP contribution is 2.37. The first-order valence-corrected chi connectivity index (χ1v) is 11.1. The highest BCUT2D eigenvalue weighted by atomic mass is 35.5. The molecule has 0 fully saturated rings. The zero-order chi connectivity index (χ0) is 22.5. The van der Waals surface area contributed by atoms with E-state index in [2.05, 4.69) is 15.5 Å². The number of thiophene rings is 1. The number of carbonyl (C=O) groups is 3. The Bertz CT molecular complexity index is 979. The van der Waals surface area contributed by atoms with Gasteiger partial charge in [-0.2, -0.15) is 0 Å². The number of halogens is 2. The molecule has 1 aliphatic heterocycles. The molecule has 0 saturated carbocycles. The Labute approximate surface area is 202 Å². The average Bonchev–Trinajstić information content (AvgIpc) is 3.06. The molecule has 11 heteroatoms. The first kappa shape index (κ1) is 25.9. The molecule has 4 amide bonds. The van der Waals surface area contributed by atoms with E-state index < -0.39 is 11.9 Å². The van der Waals surface area contributed by atoms with Crippen LogP contribution in [0.2, 0.25) is 5.02 Å². The number of carbonyl (C=O) groups excluding carboxylic acids is 3. The summed E-state index contributed by atoms with van der Waals surface area (Å²) in [7, 11) is 3.51. The van der Waals surface area contributed by atoms with Crippen molar-refractivity contribution >= 4 is 63.9 Å². The molecule has 1 aromatic carbocycles. The van der Waals surface area contributed by atoms with E-state index in [-0.39, 0.29) is 18.3 Å². The third-order valence-corrected chi connectivity index (χ3v) is 6.46. The van der Waals surface area contributed by atoms with Crippen LogP contribution in [-0.4, -0.2) is 54.8 Å². The van der Waals surface area contributed by atoms with Crippen molar-refractivity contribution in [3.63, 3.8) is 0 Å². The third kappa shape index (κ3) is 6.59. The molecule has 2 heterocycles. The molecule has 3 rings (SSSR count). The van der Waals surface area contributed by atoms with Gasteiger partial charge in [-0.3, -0.25) is 19.8 Å². The van der Waals surface area contributed by atoms with Crippen LogP contribution in [0.5, 0.6) is 0 Å². The number of rotatable bonds is 7. The first-order chi connectivity index (χ1) is 14.7. The van der Waals surface area contributed by atoms with Crippen LogP contribution in [0.4, 0.5) is 15.5 Å². The molecular weight excluding hydrogens is 473 g/mol. The van der Waals surface area contributed by atoms with Gasteiger partial charge in [-0.25, -0.2) is 4.79 Å². The highest BCUT2D eigenvalue weighted by molar-refractivity contribution is 7.17. The third-order valence-electron chi connectivity index (χ3n) is 5.08. The molecule has 4 N–H and O–H groups in total. The summed E-state index contributed by atoms with van der Waals surface area (Å²) in [6.07, 6.45) is 1.95. The topological polar surface area (TPSA) is 108 Å². The van der Waals surface area contributed by atoms with Gasteiger partial charge in [-0.05, 0) is 49.2 Å². The van der Waals surface area contributed by atoms with Gasteiger partial charge >= 0.3 is 6.03 Å². The Balaban J connectivity index is 0.00000363. The summed E-state index contributed by atoms with van der Waals surface area (Å²) in [5.74, 6) is -0.438. The van der Waals surface area contributed by atoms with E-state index in [0.29, 0.717) is 40.7 Å². The Morgan fingerprint density at radius 1 is 1.19 bits per heavy atom. The summed E-state index contributed by atoms with van der Waals surface area (Å²) in [4.78, 5) is 41.2. The number of hydrogen-bond donors (Lipinski definition) is 3. The van der Waals surface area contributed by atoms with Gasteiger partial charge < -0.3 is 16.0 Å². The second kappa shape index (κ2) is 11.5. The van der Waals surface area contributed by atoms with E-state index in [0.717, 1.165) is 30.0 Å². The Kier molecular flexibility index (Phi) is 9.33. The molecule has 0 spiro atoms. The second-order valence-electron chi connectivity index (χ2n) is 7.58. The number of nitrogens with two attached hydrogens (primary N) is 1. The molecule has 0 saturated heterocycles. The summed E-state index contributed by atoms with van der Waals surface area (Å²) in [6, 6.07) is 6.28. The standard InChI is InChI=1S/C21H26ClN5O3S.ClH/c1-26(2)17(28)4-3-10-27-11-9-15-16(12-27)31-20(18(15)19(23)29)25-21(30)24-14-7-5-13(22)6-8-14;/h5-8H,3-4,9-12H2,1-2H3,(H2,23,29)(H2,24,25,30);1H. The monoisotopic (exact) mass is 499 g/mol. The van der Waals surface area contributed by atoms with Crippen molar-refractivity contribution in [1.29, 1.82) is 0 Å². The van der Waals surface area contributed by atoms with Gasteiger partial charge in [0.1, 0.15) is 5.00 Å². The number of amides is 4. The molecule has 2 aromatic rings. The maximum Gasteiger partial charge on any atom is 0.324 e. The maximum atomic E-state index is 12.4. The summed E-state index contributed by atoms with van der Waals surface area (Å²) >= 11 is 7.23. The van der Waals surface area contributed by atoms with Crippen LogP contribution in [0.25, 0.3) is 0 Å². The summed E-state index contributed by atoms with van der Waals surface area (Å²) < 4.78 is 0. The van der Waals surface area contributed by atoms with E-state index in [1.54, 1.807) is 43.3 Å². The predicted molar refractivity (Wildman–Crippen MR) is 131 cm³/mol. The molecule has 0 bridgehead atoms. The Hall–Kier alpha value is -2.33. The van der Waals surface area contributed by atoms with E-state index in [1.165, 1.54) is 11.3 Å². The number of nitrogens with zero attached hydrogens (tertiary/aromatic N) is 2. The molecule has 0 atom stereocenters. The lowest BCUT2D eigenvalue weighted by atomic mass is 10.0. The molecule has 8 nitrogen and oxygen atoms in total. The van der Waals surface area contributed by atoms with Crippen molar-refractivity contribution < 1.29 is 14.4 Å². The fourth-order valence-electron chi connectivity index (χ4n) is 3.47. The van der Waals surface area contributed by atoms with Crippen molar-refractivity contribution in [3.8, 4) is 0 Å². The fourth-order valence-corrected chi connectivity index (χ4v) is 4.89. The molecule has 32 heavy (non-hydrogen) atoms. The molecule has 0 aliphatic carbocycles. The number of nitrogens with one attached hydrogen (secondary N) is 2. The van der Waals surface area contributed by atoms with Crippen molar-refractivity contribution in [2.45, 2.75) is 25.8 Å². The van der Waals surface area contributed by atoms with E-state index in [4.69, 9.17) is 17.3 Å². The molecular formula is C21H27Cl2N5O3S.